The molecule has 22 heavy (non-hydrogen) atoms. The number of nitrogens with zero attached hydrogens (tertiary/aromatic N) is 1. The second kappa shape index (κ2) is 8.33. The average molecular weight is 329 g/mol. The first kappa shape index (κ1) is 17.9. The predicted octanol–water partition coefficient (Wildman–Crippen LogP) is 2.71. The molecular formula is C14H17ClN2O5. The molecule has 0 aromatic heterocycles. The summed E-state index contributed by atoms with van der Waals surface area (Å²) in [5, 5.41) is 13.4. The summed E-state index contributed by atoms with van der Waals surface area (Å²) in [6.07, 6.45) is 1.54. The van der Waals surface area contributed by atoms with Gasteiger partial charge in [0.25, 0.3) is 11.6 Å². The van der Waals surface area contributed by atoms with E-state index in [0.29, 0.717) is 0 Å². The molecule has 0 spiro atoms. The second-order valence-electron chi connectivity index (χ2n) is 4.58. The molecule has 1 amide bonds. The van der Waals surface area contributed by atoms with Crippen molar-refractivity contribution in [2.75, 3.05) is 6.61 Å². The van der Waals surface area contributed by atoms with Crippen LogP contribution in [0.3, 0.4) is 0 Å². The number of carbonyl (C=O) groups is 2. The summed E-state index contributed by atoms with van der Waals surface area (Å²) in [6, 6.07) is 3.45. The van der Waals surface area contributed by atoms with Gasteiger partial charge < -0.3 is 10.1 Å². The van der Waals surface area contributed by atoms with Crippen LogP contribution in [0.2, 0.25) is 5.02 Å². The molecule has 1 aromatic carbocycles. The van der Waals surface area contributed by atoms with E-state index in [4.69, 9.17) is 16.3 Å². The summed E-state index contributed by atoms with van der Waals surface area (Å²) in [5.74, 6) is -1.31. The molecule has 1 rings (SSSR count). The molecule has 0 saturated carbocycles. The predicted molar refractivity (Wildman–Crippen MR) is 80.9 cm³/mol. The minimum Gasteiger partial charge on any atom is -0.452 e. The molecule has 0 saturated heterocycles. The number of hydrogen-bond acceptors (Lipinski definition) is 5. The van der Waals surface area contributed by atoms with E-state index in [1.165, 1.54) is 12.1 Å². The fraction of sp³-hybridized carbons (Fsp3) is 0.429. The summed E-state index contributed by atoms with van der Waals surface area (Å²) in [7, 11) is 0. The third-order valence-corrected chi connectivity index (χ3v) is 3.40. The number of carbonyl (C=O) groups excluding carboxylic acids is 2. The van der Waals surface area contributed by atoms with Crippen LogP contribution in [0.5, 0.6) is 0 Å². The number of halogens is 1. The molecule has 0 aliphatic rings. The molecular weight excluding hydrogens is 312 g/mol. The second-order valence-corrected chi connectivity index (χ2v) is 4.99. The van der Waals surface area contributed by atoms with E-state index in [1.807, 2.05) is 13.8 Å². The summed E-state index contributed by atoms with van der Waals surface area (Å²) < 4.78 is 4.84. The average Bonchev–Trinajstić information content (AvgIpc) is 2.50. The molecule has 0 heterocycles. The van der Waals surface area contributed by atoms with Gasteiger partial charge in [0.1, 0.15) is 0 Å². The summed E-state index contributed by atoms with van der Waals surface area (Å²) in [5.41, 5.74) is -0.427. The summed E-state index contributed by atoms with van der Waals surface area (Å²) in [6.45, 7) is 3.40. The molecule has 8 heteroatoms. The van der Waals surface area contributed by atoms with Gasteiger partial charge in [0.15, 0.2) is 6.61 Å². The number of benzene rings is 1. The molecule has 1 N–H and O–H groups in total. The van der Waals surface area contributed by atoms with Crippen molar-refractivity contribution in [3.05, 3.63) is 38.9 Å². The first-order valence-corrected chi connectivity index (χ1v) is 7.17. The van der Waals surface area contributed by atoms with E-state index in [2.05, 4.69) is 5.32 Å². The Morgan fingerprint density at radius 1 is 1.36 bits per heavy atom. The van der Waals surface area contributed by atoms with Crippen LogP contribution in [0.25, 0.3) is 0 Å². The molecule has 1 aromatic rings. The number of nitrogens with one attached hydrogen (secondary N) is 1. The molecule has 0 unspecified atom stereocenters. The van der Waals surface area contributed by atoms with Crippen LogP contribution in [-0.2, 0) is 9.53 Å². The lowest BCUT2D eigenvalue weighted by Gasteiger charge is -2.14. The maximum Gasteiger partial charge on any atom is 0.340 e. The van der Waals surface area contributed by atoms with Crippen molar-refractivity contribution < 1.29 is 19.2 Å². The van der Waals surface area contributed by atoms with E-state index in [1.54, 1.807) is 0 Å². The Morgan fingerprint density at radius 3 is 2.55 bits per heavy atom. The Hall–Kier alpha value is -2.15. The highest BCUT2D eigenvalue weighted by Gasteiger charge is 2.18. The Kier molecular flexibility index (Phi) is 6.78. The third kappa shape index (κ3) is 5.00. The molecule has 7 nitrogen and oxygen atoms in total. The standard InChI is InChI=1S/C14H17ClN2O5/c1-3-9(4-2)16-13(18)8-22-14(19)11-7-10(17(20)21)5-6-12(11)15/h5-7,9H,3-4,8H2,1-2H3,(H,16,18). The largest absolute Gasteiger partial charge is 0.452 e. The smallest absolute Gasteiger partial charge is 0.340 e. The SMILES string of the molecule is CCC(CC)NC(=O)COC(=O)c1cc([N+](=O)[O-])ccc1Cl. The number of amides is 1. The van der Waals surface area contributed by atoms with E-state index in [9.17, 15) is 19.7 Å². The Bertz CT molecular complexity index is 572. The zero-order chi connectivity index (χ0) is 16.7. The fourth-order valence-electron chi connectivity index (χ4n) is 1.75. The van der Waals surface area contributed by atoms with Gasteiger partial charge in [-0.25, -0.2) is 4.79 Å². The Labute approximate surface area is 132 Å². The molecule has 0 aliphatic heterocycles. The van der Waals surface area contributed by atoms with Crippen LogP contribution in [0.15, 0.2) is 18.2 Å². The zero-order valence-electron chi connectivity index (χ0n) is 12.3. The van der Waals surface area contributed by atoms with Gasteiger partial charge in [0.05, 0.1) is 15.5 Å². The minimum atomic E-state index is -0.881. The molecule has 0 fully saturated rings. The van der Waals surface area contributed by atoms with Crippen LogP contribution in [0.4, 0.5) is 5.69 Å². The Balaban J connectivity index is 2.68. The van der Waals surface area contributed by atoms with Gasteiger partial charge >= 0.3 is 5.97 Å². The maximum absolute atomic E-state index is 11.9. The minimum absolute atomic E-state index is 0.0209. The lowest BCUT2D eigenvalue weighted by Crippen LogP contribution is -2.36. The van der Waals surface area contributed by atoms with Crippen molar-refractivity contribution in [2.24, 2.45) is 0 Å². The third-order valence-electron chi connectivity index (χ3n) is 3.07. The number of nitro groups is 1. The topological polar surface area (TPSA) is 98.5 Å². The summed E-state index contributed by atoms with van der Waals surface area (Å²) >= 11 is 5.82. The fourth-order valence-corrected chi connectivity index (χ4v) is 1.95. The quantitative estimate of drug-likeness (QED) is 0.471. The van der Waals surface area contributed by atoms with Gasteiger partial charge in [0.2, 0.25) is 0 Å². The van der Waals surface area contributed by atoms with E-state index >= 15 is 0 Å². The van der Waals surface area contributed by atoms with Gasteiger partial charge in [-0.15, -0.1) is 0 Å². The van der Waals surface area contributed by atoms with E-state index in [-0.39, 0.29) is 22.3 Å². The van der Waals surface area contributed by atoms with Gasteiger partial charge in [-0.1, -0.05) is 25.4 Å². The summed E-state index contributed by atoms with van der Waals surface area (Å²) in [4.78, 5) is 33.5. The molecule has 120 valence electrons. The van der Waals surface area contributed by atoms with Crippen molar-refractivity contribution in [3.63, 3.8) is 0 Å². The van der Waals surface area contributed by atoms with Crippen LogP contribution in [-0.4, -0.2) is 29.4 Å². The molecule has 0 atom stereocenters. The van der Waals surface area contributed by atoms with Gasteiger partial charge in [-0.3, -0.25) is 14.9 Å². The van der Waals surface area contributed by atoms with Crippen LogP contribution in [0.1, 0.15) is 37.0 Å². The van der Waals surface area contributed by atoms with Gasteiger partial charge in [-0.05, 0) is 18.9 Å². The molecule has 0 radical (unpaired) electrons. The lowest BCUT2D eigenvalue weighted by molar-refractivity contribution is -0.384. The molecule has 0 aliphatic carbocycles. The van der Waals surface area contributed by atoms with Crippen molar-refractivity contribution >= 4 is 29.2 Å². The highest BCUT2D eigenvalue weighted by atomic mass is 35.5. The van der Waals surface area contributed by atoms with Gasteiger partial charge in [-0.2, -0.15) is 0 Å². The van der Waals surface area contributed by atoms with Gasteiger partial charge in [0, 0.05) is 18.2 Å². The van der Waals surface area contributed by atoms with Crippen LogP contribution >= 0.6 is 11.6 Å². The monoisotopic (exact) mass is 328 g/mol. The molecule has 0 bridgehead atoms. The lowest BCUT2D eigenvalue weighted by atomic mass is 10.2. The number of non-ortho nitro benzene ring substituents is 1. The maximum atomic E-state index is 11.9. The van der Waals surface area contributed by atoms with Crippen molar-refractivity contribution in [1.29, 1.82) is 0 Å². The first-order chi connectivity index (χ1) is 10.4. The highest BCUT2D eigenvalue weighted by Crippen LogP contribution is 2.22. The number of rotatable bonds is 7. The Morgan fingerprint density at radius 2 is 2.00 bits per heavy atom. The van der Waals surface area contributed by atoms with Crippen LogP contribution < -0.4 is 5.32 Å². The number of esters is 1. The van der Waals surface area contributed by atoms with Crippen LogP contribution in [0, 0.1) is 10.1 Å². The number of hydrogen-bond donors (Lipinski definition) is 1. The normalized spacial score (nSPS) is 10.4. The van der Waals surface area contributed by atoms with E-state index in [0.717, 1.165) is 18.9 Å². The van der Waals surface area contributed by atoms with Crippen molar-refractivity contribution in [3.8, 4) is 0 Å². The van der Waals surface area contributed by atoms with Crippen molar-refractivity contribution in [2.45, 2.75) is 32.7 Å². The van der Waals surface area contributed by atoms with Crippen molar-refractivity contribution in [1.82, 2.24) is 5.32 Å². The zero-order valence-corrected chi connectivity index (χ0v) is 13.1. The first-order valence-electron chi connectivity index (χ1n) is 6.79. The number of ether oxygens (including phenoxy) is 1. The van der Waals surface area contributed by atoms with E-state index < -0.39 is 23.4 Å². The highest BCUT2D eigenvalue weighted by molar-refractivity contribution is 6.33. The number of nitro benzene ring substituents is 1.